The number of hydrogen-bond acceptors (Lipinski definition) is 2. The fourth-order valence-electron chi connectivity index (χ4n) is 6.23. The summed E-state index contributed by atoms with van der Waals surface area (Å²) in [5.74, 6) is 1.02. The van der Waals surface area contributed by atoms with Crippen LogP contribution in [0.15, 0.2) is 91.1 Å². The van der Waals surface area contributed by atoms with Crippen molar-refractivity contribution in [2.75, 3.05) is 13.1 Å². The molecule has 3 aromatic carbocycles. The summed E-state index contributed by atoms with van der Waals surface area (Å²) < 4.78 is 36.1. The van der Waals surface area contributed by atoms with Gasteiger partial charge in [-0.25, -0.2) is 8.78 Å². The van der Waals surface area contributed by atoms with E-state index in [0.29, 0.717) is 5.92 Å². The van der Waals surface area contributed by atoms with Crippen LogP contribution in [-0.2, 0) is 13.0 Å². The number of benzene rings is 3. The van der Waals surface area contributed by atoms with Crippen LogP contribution in [0.2, 0.25) is 0 Å². The number of para-hydroxylation sites is 1. The molecule has 1 saturated heterocycles. The van der Waals surface area contributed by atoms with E-state index in [2.05, 4.69) is 52.1 Å². The molecule has 2 aliphatic rings. The molecule has 2 aliphatic heterocycles. The molecule has 5 heteroatoms. The van der Waals surface area contributed by atoms with Gasteiger partial charge in [-0.15, -0.1) is 0 Å². The largest absolute Gasteiger partial charge is 0.484 e. The van der Waals surface area contributed by atoms with Gasteiger partial charge in [0.15, 0.2) is 0 Å². The van der Waals surface area contributed by atoms with E-state index in [1.807, 2.05) is 24.3 Å². The first-order valence-corrected chi connectivity index (χ1v) is 13.8. The minimum Gasteiger partial charge on any atom is -0.484 e. The molecular weight excluding hydrogens is 478 g/mol. The van der Waals surface area contributed by atoms with Crippen LogP contribution in [-0.4, -0.2) is 22.6 Å². The predicted molar refractivity (Wildman–Crippen MR) is 146 cm³/mol. The van der Waals surface area contributed by atoms with E-state index in [0.717, 1.165) is 68.6 Å². The first-order chi connectivity index (χ1) is 18.6. The lowest BCUT2D eigenvalue weighted by molar-refractivity contribution is 0.0546. The zero-order valence-corrected chi connectivity index (χ0v) is 21.6. The number of halogens is 2. The van der Waals surface area contributed by atoms with Crippen molar-refractivity contribution in [3.05, 3.63) is 125 Å². The van der Waals surface area contributed by atoms with Crippen molar-refractivity contribution in [2.45, 2.75) is 50.8 Å². The summed E-state index contributed by atoms with van der Waals surface area (Å²) in [7, 11) is 0. The Morgan fingerprint density at radius 3 is 2.29 bits per heavy atom. The smallest absolute Gasteiger partial charge is 0.141 e. The Hall–Kier alpha value is -3.44. The molecule has 2 atom stereocenters. The van der Waals surface area contributed by atoms with Gasteiger partial charge in [-0.2, -0.15) is 0 Å². The van der Waals surface area contributed by atoms with Gasteiger partial charge in [-0.3, -0.25) is 4.90 Å². The van der Waals surface area contributed by atoms with Gasteiger partial charge in [0.25, 0.3) is 0 Å². The number of piperidine rings is 1. The molecule has 0 aliphatic carbocycles. The second kappa shape index (κ2) is 11.1. The van der Waals surface area contributed by atoms with Crippen molar-refractivity contribution in [3.8, 4) is 5.75 Å². The third-order valence-electron chi connectivity index (χ3n) is 8.28. The maximum Gasteiger partial charge on any atom is 0.141 e. The van der Waals surface area contributed by atoms with Crippen LogP contribution >= 0.6 is 0 Å². The minimum absolute atomic E-state index is 0.0403. The molecule has 0 radical (unpaired) electrons. The van der Waals surface area contributed by atoms with Crippen molar-refractivity contribution in [1.82, 2.24) is 9.47 Å². The summed E-state index contributed by atoms with van der Waals surface area (Å²) >= 11 is 0. The lowest BCUT2D eigenvalue weighted by Gasteiger charge is -2.40. The Bertz CT molecular complexity index is 1340. The van der Waals surface area contributed by atoms with E-state index in [9.17, 15) is 8.78 Å². The van der Waals surface area contributed by atoms with Crippen molar-refractivity contribution in [1.29, 1.82) is 0 Å². The quantitative estimate of drug-likeness (QED) is 0.252. The highest BCUT2D eigenvalue weighted by atomic mass is 19.1. The topological polar surface area (TPSA) is 17.4 Å². The lowest BCUT2D eigenvalue weighted by Crippen LogP contribution is -2.39. The standard InChI is InChI=1S/C33H34F2N2O/c34-28-14-10-24(11-15-28)5-3-7-30(25-12-16-29(35)17-13-25)36-21-18-26(19-22-36)33-31-8-4-20-37(31)23-27-6-1-2-9-32(27)38-33/h1-2,4,6,8-17,20,26,30,33H,3,5,7,18-19,21-23H2. The normalized spacial score (nSPS) is 18.7. The fourth-order valence-corrected chi connectivity index (χ4v) is 6.23. The van der Waals surface area contributed by atoms with E-state index in [-0.39, 0.29) is 23.8 Å². The molecule has 3 nitrogen and oxygen atoms in total. The van der Waals surface area contributed by atoms with E-state index < -0.39 is 0 Å². The summed E-state index contributed by atoms with van der Waals surface area (Å²) in [6.45, 7) is 2.80. The summed E-state index contributed by atoms with van der Waals surface area (Å²) in [5.41, 5.74) is 4.80. The SMILES string of the molecule is Fc1ccc(CCCC(c2ccc(F)cc2)N2CCC(C3Oc4ccccc4Cn4cccc43)CC2)cc1. The zero-order valence-electron chi connectivity index (χ0n) is 21.6. The molecule has 3 heterocycles. The Morgan fingerprint density at radius 1 is 0.816 bits per heavy atom. The number of aromatic nitrogens is 1. The summed E-state index contributed by atoms with van der Waals surface area (Å²) in [5, 5.41) is 0. The van der Waals surface area contributed by atoms with E-state index >= 15 is 0 Å². The molecule has 6 rings (SSSR count). The molecule has 4 aromatic rings. The molecule has 1 aromatic heterocycles. The van der Waals surface area contributed by atoms with Gasteiger partial charge in [0.1, 0.15) is 23.5 Å². The number of aryl methyl sites for hydroxylation is 1. The molecule has 196 valence electrons. The Kier molecular flexibility index (Phi) is 7.28. The lowest BCUT2D eigenvalue weighted by atomic mass is 9.87. The summed E-state index contributed by atoms with van der Waals surface area (Å²) in [6.07, 6.45) is 7.17. The van der Waals surface area contributed by atoms with Gasteiger partial charge in [0.2, 0.25) is 0 Å². The number of nitrogens with zero attached hydrogens (tertiary/aromatic N) is 2. The van der Waals surface area contributed by atoms with Crippen LogP contribution in [0.1, 0.15) is 60.2 Å². The van der Waals surface area contributed by atoms with Crippen molar-refractivity contribution >= 4 is 0 Å². The van der Waals surface area contributed by atoms with Crippen LogP contribution < -0.4 is 4.74 Å². The molecule has 1 fully saturated rings. The Morgan fingerprint density at radius 2 is 1.53 bits per heavy atom. The second-order valence-corrected chi connectivity index (χ2v) is 10.7. The van der Waals surface area contributed by atoms with Crippen molar-refractivity contribution in [3.63, 3.8) is 0 Å². The molecule has 2 unspecified atom stereocenters. The van der Waals surface area contributed by atoms with E-state index in [4.69, 9.17) is 4.74 Å². The van der Waals surface area contributed by atoms with E-state index in [1.165, 1.54) is 23.4 Å². The van der Waals surface area contributed by atoms with Gasteiger partial charge >= 0.3 is 0 Å². The zero-order chi connectivity index (χ0) is 25.9. The molecule has 0 amide bonds. The molecule has 0 bridgehead atoms. The van der Waals surface area contributed by atoms with E-state index in [1.54, 1.807) is 12.1 Å². The number of ether oxygens (including phenoxy) is 1. The van der Waals surface area contributed by atoms with Gasteiger partial charge < -0.3 is 9.30 Å². The van der Waals surface area contributed by atoms with Crippen LogP contribution in [0, 0.1) is 17.6 Å². The average molecular weight is 513 g/mol. The minimum atomic E-state index is -0.202. The second-order valence-electron chi connectivity index (χ2n) is 10.7. The first kappa shape index (κ1) is 24.9. The predicted octanol–water partition coefficient (Wildman–Crippen LogP) is 7.72. The van der Waals surface area contributed by atoms with Gasteiger partial charge in [-0.1, -0.05) is 42.5 Å². The monoisotopic (exact) mass is 512 g/mol. The molecule has 0 N–H and O–H groups in total. The summed E-state index contributed by atoms with van der Waals surface area (Å²) in [6, 6.07) is 26.8. The van der Waals surface area contributed by atoms with Crippen LogP contribution in [0.25, 0.3) is 0 Å². The molecular formula is C33H34F2N2O. The van der Waals surface area contributed by atoms with Crippen LogP contribution in [0.4, 0.5) is 8.78 Å². The highest BCUT2D eigenvalue weighted by Crippen LogP contribution is 2.40. The first-order valence-electron chi connectivity index (χ1n) is 13.8. The summed E-state index contributed by atoms with van der Waals surface area (Å²) in [4.78, 5) is 2.57. The Balaban J connectivity index is 1.16. The molecule has 0 spiro atoms. The van der Waals surface area contributed by atoms with Gasteiger partial charge in [0.05, 0.1) is 12.2 Å². The third kappa shape index (κ3) is 5.39. The third-order valence-corrected chi connectivity index (χ3v) is 8.28. The average Bonchev–Trinajstić information content (AvgIpc) is 3.34. The van der Waals surface area contributed by atoms with Gasteiger partial charge in [0, 0.05) is 23.7 Å². The number of likely N-dealkylation sites (tertiary alicyclic amines) is 1. The highest BCUT2D eigenvalue weighted by molar-refractivity contribution is 5.36. The number of fused-ring (bicyclic) bond motifs is 2. The molecule has 38 heavy (non-hydrogen) atoms. The number of rotatable bonds is 7. The maximum absolute atomic E-state index is 13.7. The number of hydrogen-bond donors (Lipinski definition) is 0. The van der Waals surface area contributed by atoms with Crippen LogP contribution in [0.5, 0.6) is 5.75 Å². The van der Waals surface area contributed by atoms with Crippen molar-refractivity contribution in [2.24, 2.45) is 5.92 Å². The molecule has 0 saturated carbocycles. The fraction of sp³-hybridized carbons (Fsp3) is 0.333. The highest BCUT2D eigenvalue weighted by Gasteiger charge is 2.34. The Labute approximate surface area is 223 Å². The maximum atomic E-state index is 13.7. The van der Waals surface area contributed by atoms with Crippen LogP contribution in [0.3, 0.4) is 0 Å². The van der Waals surface area contributed by atoms with Gasteiger partial charge in [-0.05, 0) is 98.8 Å². The van der Waals surface area contributed by atoms with Crippen molar-refractivity contribution < 1.29 is 13.5 Å².